The molecule has 5 heteroatoms. The molecule has 5 atom stereocenters. The molecule has 5 nitrogen and oxygen atoms in total. The lowest BCUT2D eigenvalue weighted by atomic mass is 9.96. The van der Waals surface area contributed by atoms with Crippen LogP contribution < -0.4 is 5.32 Å². The molecule has 0 aromatic rings. The number of nitrogens with one attached hydrogen (secondary N) is 1. The quantitative estimate of drug-likeness (QED) is 0.281. The Kier molecular flexibility index (Phi) is 1.68. The van der Waals surface area contributed by atoms with E-state index in [1.165, 1.54) is 0 Å². The highest BCUT2D eigenvalue weighted by atomic mass is 16.4. The minimum absolute atomic E-state index is 0.0793. The van der Waals surface area contributed by atoms with E-state index in [0.29, 0.717) is 0 Å². The van der Waals surface area contributed by atoms with Gasteiger partial charge in [-0.25, -0.2) is 0 Å². The molecule has 5 N–H and O–H groups in total. The molecule has 12 heavy (non-hydrogen) atoms. The van der Waals surface area contributed by atoms with Gasteiger partial charge >= 0.3 is 0 Å². The van der Waals surface area contributed by atoms with E-state index in [1.807, 2.05) is 0 Å². The van der Waals surface area contributed by atoms with Gasteiger partial charge in [-0.1, -0.05) is 0 Å². The number of rotatable bonds is 0. The normalized spacial score (nSPS) is 59.0. The Labute approximate surface area is 69.6 Å². The van der Waals surface area contributed by atoms with E-state index in [1.54, 1.807) is 0 Å². The third-order valence-corrected chi connectivity index (χ3v) is 2.77. The van der Waals surface area contributed by atoms with E-state index in [-0.39, 0.29) is 18.9 Å². The van der Waals surface area contributed by atoms with E-state index < -0.39 is 24.0 Å². The van der Waals surface area contributed by atoms with E-state index in [0.717, 1.165) is 0 Å². The van der Waals surface area contributed by atoms with Crippen molar-refractivity contribution in [1.29, 1.82) is 0 Å². The summed E-state index contributed by atoms with van der Waals surface area (Å²) in [6.07, 6.45) is -2.47. The molecule has 2 bridgehead atoms. The van der Waals surface area contributed by atoms with Crippen molar-refractivity contribution in [3.05, 3.63) is 0 Å². The molecule has 0 amide bonds. The fourth-order valence-electron chi connectivity index (χ4n) is 2.07. The van der Waals surface area contributed by atoms with Gasteiger partial charge in [0.05, 0.1) is 12.2 Å². The predicted octanol–water partition coefficient (Wildman–Crippen LogP) is -2.48. The lowest BCUT2D eigenvalue weighted by molar-refractivity contribution is -0.153. The summed E-state index contributed by atoms with van der Waals surface area (Å²) in [5.41, 5.74) is -1.50. The molecule has 2 saturated heterocycles. The number of aliphatic hydroxyl groups excluding tert-OH is 3. The van der Waals surface area contributed by atoms with Crippen LogP contribution in [0.3, 0.4) is 0 Å². The minimum Gasteiger partial charge on any atom is -0.391 e. The zero-order chi connectivity index (χ0) is 8.93. The first kappa shape index (κ1) is 8.40. The van der Waals surface area contributed by atoms with Crippen LogP contribution in [0.5, 0.6) is 0 Å². The average Bonchev–Trinajstić information content (AvgIpc) is 2.22. The third kappa shape index (κ3) is 0.982. The second kappa shape index (κ2) is 2.40. The largest absolute Gasteiger partial charge is 0.391 e. The van der Waals surface area contributed by atoms with Crippen molar-refractivity contribution in [3.8, 4) is 0 Å². The van der Waals surface area contributed by atoms with Crippen LogP contribution in [0.2, 0.25) is 0 Å². The first-order valence-corrected chi connectivity index (χ1v) is 4.07. The maximum Gasteiger partial charge on any atom is 0.147 e. The molecule has 1 unspecified atom stereocenters. The van der Waals surface area contributed by atoms with Crippen LogP contribution in [0.4, 0.5) is 0 Å². The zero-order valence-corrected chi connectivity index (χ0v) is 6.51. The molecule has 0 aromatic heterocycles. The van der Waals surface area contributed by atoms with Crippen LogP contribution in [0.1, 0.15) is 12.8 Å². The summed E-state index contributed by atoms with van der Waals surface area (Å²) in [5.74, 6) is 0. The standard InChI is InChI=1S/C7H13NO4/c9-4-1-3-5(10)2-7(12,8-3)6(4)11/h3-6,8-12H,1-2H2/t3-,4+,5?,6-,7+/m1/s1. The number of aliphatic hydroxyl groups is 4. The maximum atomic E-state index is 9.65. The zero-order valence-electron chi connectivity index (χ0n) is 6.51. The van der Waals surface area contributed by atoms with Gasteiger partial charge in [0.25, 0.3) is 0 Å². The Hall–Kier alpha value is -0.200. The highest BCUT2D eigenvalue weighted by Gasteiger charge is 2.54. The van der Waals surface area contributed by atoms with Crippen molar-refractivity contribution in [3.63, 3.8) is 0 Å². The summed E-state index contributed by atoms with van der Waals surface area (Å²) >= 11 is 0. The topological polar surface area (TPSA) is 93.0 Å². The van der Waals surface area contributed by atoms with Gasteiger partial charge in [-0.3, -0.25) is 5.32 Å². The van der Waals surface area contributed by atoms with E-state index in [4.69, 9.17) is 0 Å². The molecular weight excluding hydrogens is 162 g/mol. The van der Waals surface area contributed by atoms with E-state index in [2.05, 4.69) is 5.32 Å². The van der Waals surface area contributed by atoms with Gasteiger partial charge in [-0.15, -0.1) is 0 Å². The van der Waals surface area contributed by atoms with Crippen LogP contribution in [0.15, 0.2) is 0 Å². The summed E-state index contributed by atoms with van der Waals surface area (Å²) in [6, 6.07) is -0.298. The Bertz CT molecular complexity index is 196. The summed E-state index contributed by atoms with van der Waals surface area (Å²) in [6.45, 7) is 0. The molecule has 2 aliphatic rings. The molecular formula is C7H13NO4. The third-order valence-electron chi connectivity index (χ3n) is 2.77. The fraction of sp³-hybridized carbons (Fsp3) is 1.00. The average molecular weight is 175 g/mol. The highest BCUT2D eigenvalue weighted by Crippen LogP contribution is 2.34. The Morgan fingerprint density at radius 1 is 1.17 bits per heavy atom. The monoisotopic (exact) mass is 175 g/mol. The summed E-state index contributed by atoms with van der Waals surface area (Å²) in [5, 5.41) is 40.3. The molecule has 2 heterocycles. The molecule has 2 fully saturated rings. The lowest BCUT2D eigenvalue weighted by Gasteiger charge is -2.37. The van der Waals surface area contributed by atoms with Crippen molar-refractivity contribution in [1.82, 2.24) is 5.32 Å². The van der Waals surface area contributed by atoms with Gasteiger partial charge in [0, 0.05) is 12.5 Å². The Morgan fingerprint density at radius 2 is 1.83 bits per heavy atom. The van der Waals surface area contributed by atoms with E-state index in [9.17, 15) is 20.4 Å². The first-order valence-electron chi connectivity index (χ1n) is 4.07. The molecule has 70 valence electrons. The van der Waals surface area contributed by atoms with Crippen molar-refractivity contribution < 1.29 is 20.4 Å². The van der Waals surface area contributed by atoms with Crippen molar-refractivity contribution in [2.24, 2.45) is 0 Å². The number of hydrogen-bond donors (Lipinski definition) is 5. The smallest absolute Gasteiger partial charge is 0.147 e. The van der Waals surface area contributed by atoms with Crippen molar-refractivity contribution in [2.75, 3.05) is 0 Å². The van der Waals surface area contributed by atoms with Crippen LogP contribution in [0.25, 0.3) is 0 Å². The van der Waals surface area contributed by atoms with Crippen LogP contribution in [0, 0.1) is 0 Å². The Morgan fingerprint density at radius 3 is 2.50 bits per heavy atom. The van der Waals surface area contributed by atoms with Crippen LogP contribution in [-0.2, 0) is 0 Å². The SMILES string of the molecule is OC1C[C@@]2(O)N[C@@H]1C[C@H](O)[C@H]2O. The van der Waals surface area contributed by atoms with Crippen LogP contribution in [-0.4, -0.2) is 50.5 Å². The molecule has 0 aliphatic carbocycles. The number of hydrogen-bond acceptors (Lipinski definition) is 5. The van der Waals surface area contributed by atoms with Gasteiger partial charge in [0.1, 0.15) is 11.8 Å². The fourth-order valence-corrected chi connectivity index (χ4v) is 2.07. The van der Waals surface area contributed by atoms with Gasteiger partial charge in [0.15, 0.2) is 0 Å². The van der Waals surface area contributed by atoms with Crippen LogP contribution >= 0.6 is 0 Å². The molecule has 0 radical (unpaired) electrons. The molecule has 2 aliphatic heterocycles. The van der Waals surface area contributed by atoms with Gasteiger partial charge in [-0.2, -0.15) is 0 Å². The lowest BCUT2D eigenvalue weighted by Crippen LogP contribution is -2.61. The van der Waals surface area contributed by atoms with E-state index >= 15 is 0 Å². The van der Waals surface area contributed by atoms with Crippen molar-refractivity contribution >= 4 is 0 Å². The first-order chi connectivity index (χ1) is 5.53. The predicted molar refractivity (Wildman–Crippen MR) is 39.1 cm³/mol. The molecule has 0 aromatic carbocycles. The molecule has 2 rings (SSSR count). The van der Waals surface area contributed by atoms with Crippen molar-refractivity contribution in [2.45, 2.75) is 42.9 Å². The minimum atomic E-state index is -1.50. The highest BCUT2D eigenvalue weighted by molar-refractivity contribution is 5.07. The number of piperidine rings is 1. The number of fused-ring (bicyclic) bond motifs is 2. The second-order valence-corrected chi connectivity index (χ2v) is 3.69. The van der Waals surface area contributed by atoms with Gasteiger partial charge in [0.2, 0.25) is 0 Å². The molecule has 0 saturated carbocycles. The second-order valence-electron chi connectivity index (χ2n) is 3.69. The Balaban J connectivity index is 2.24. The summed E-state index contributed by atoms with van der Waals surface area (Å²) in [4.78, 5) is 0. The summed E-state index contributed by atoms with van der Waals surface area (Å²) < 4.78 is 0. The molecule has 0 spiro atoms. The summed E-state index contributed by atoms with van der Waals surface area (Å²) in [7, 11) is 0. The maximum absolute atomic E-state index is 9.65. The van der Waals surface area contributed by atoms with Gasteiger partial charge in [-0.05, 0) is 6.42 Å². The van der Waals surface area contributed by atoms with Gasteiger partial charge < -0.3 is 20.4 Å².